The van der Waals surface area contributed by atoms with Crippen molar-refractivity contribution >= 4 is 11.7 Å². The molecule has 5 nitrogen and oxygen atoms in total. The van der Waals surface area contributed by atoms with E-state index in [2.05, 4.69) is 15.2 Å². The molecule has 0 saturated carbocycles. The molecule has 2 rings (SSSR count). The number of morpholine rings is 1. The molecule has 1 saturated heterocycles. The van der Waals surface area contributed by atoms with Crippen LogP contribution >= 0.6 is 0 Å². The van der Waals surface area contributed by atoms with E-state index in [1.54, 1.807) is 6.20 Å². The van der Waals surface area contributed by atoms with Gasteiger partial charge in [0.1, 0.15) is 5.82 Å². The summed E-state index contributed by atoms with van der Waals surface area (Å²) in [5.74, 6) is 0.591. The highest BCUT2D eigenvalue weighted by Gasteiger charge is 2.14. The lowest BCUT2D eigenvalue weighted by Gasteiger charge is -2.25. The van der Waals surface area contributed by atoms with E-state index >= 15 is 0 Å². The Morgan fingerprint density at radius 2 is 2.29 bits per heavy atom. The second-order valence-electron chi connectivity index (χ2n) is 4.16. The summed E-state index contributed by atoms with van der Waals surface area (Å²) in [5.41, 5.74) is 1.08. The molecular weight excluding hydrogens is 218 g/mol. The third-order valence-electron chi connectivity index (χ3n) is 2.65. The number of aryl methyl sites for hydroxylation is 1. The molecule has 0 unspecified atom stereocenters. The van der Waals surface area contributed by atoms with E-state index in [1.807, 2.05) is 19.1 Å². The van der Waals surface area contributed by atoms with Crippen molar-refractivity contribution in [3.05, 3.63) is 23.9 Å². The van der Waals surface area contributed by atoms with Crippen molar-refractivity contribution in [1.29, 1.82) is 0 Å². The van der Waals surface area contributed by atoms with E-state index in [-0.39, 0.29) is 5.91 Å². The van der Waals surface area contributed by atoms with Gasteiger partial charge in [0.25, 0.3) is 0 Å². The molecule has 0 aliphatic carbocycles. The third kappa shape index (κ3) is 3.80. The quantitative estimate of drug-likeness (QED) is 0.836. The SMILES string of the molecule is Cc1ccnc(NC(=O)CN2CCOCC2)c1. The molecule has 92 valence electrons. The molecule has 1 fully saturated rings. The first-order valence-corrected chi connectivity index (χ1v) is 5.76. The number of pyridine rings is 1. The van der Waals surface area contributed by atoms with E-state index in [1.165, 1.54) is 0 Å². The maximum Gasteiger partial charge on any atom is 0.239 e. The number of hydrogen-bond acceptors (Lipinski definition) is 4. The largest absolute Gasteiger partial charge is 0.379 e. The molecule has 1 aromatic heterocycles. The predicted octanol–water partition coefficient (Wildman–Crippen LogP) is 0.661. The highest BCUT2D eigenvalue weighted by Crippen LogP contribution is 2.05. The average molecular weight is 235 g/mol. The summed E-state index contributed by atoms with van der Waals surface area (Å²) < 4.78 is 5.23. The Morgan fingerprint density at radius 3 is 3.00 bits per heavy atom. The van der Waals surface area contributed by atoms with E-state index in [0.717, 1.165) is 18.7 Å². The number of nitrogens with one attached hydrogen (secondary N) is 1. The fourth-order valence-corrected chi connectivity index (χ4v) is 1.75. The maximum absolute atomic E-state index is 11.8. The standard InChI is InChI=1S/C12H17N3O2/c1-10-2-3-13-11(8-10)14-12(16)9-15-4-6-17-7-5-15/h2-3,8H,4-7,9H2,1H3,(H,13,14,16). The number of carbonyl (C=O) groups excluding carboxylic acids is 1. The molecule has 1 amide bonds. The molecule has 1 aliphatic heterocycles. The molecule has 5 heteroatoms. The minimum Gasteiger partial charge on any atom is -0.379 e. The van der Waals surface area contributed by atoms with Crippen LogP contribution in [0.15, 0.2) is 18.3 Å². The zero-order valence-corrected chi connectivity index (χ0v) is 9.98. The Bertz CT molecular complexity index is 389. The van der Waals surface area contributed by atoms with E-state index in [0.29, 0.717) is 25.6 Å². The average Bonchev–Trinajstić information content (AvgIpc) is 2.30. The number of aromatic nitrogens is 1. The van der Waals surface area contributed by atoms with Crippen LogP contribution in [0.3, 0.4) is 0 Å². The molecule has 1 N–H and O–H groups in total. The van der Waals surface area contributed by atoms with Gasteiger partial charge in [-0.05, 0) is 24.6 Å². The lowest BCUT2D eigenvalue weighted by atomic mass is 10.3. The zero-order chi connectivity index (χ0) is 12.1. The van der Waals surface area contributed by atoms with Gasteiger partial charge in [0.05, 0.1) is 19.8 Å². The molecule has 0 spiro atoms. The molecule has 0 atom stereocenters. The second kappa shape index (κ2) is 5.75. The van der Waals surface area contributed by atoms with E-state index < -0.39 is 0 Å². The van der Waals surface area contributed by atoms with Crippen molar-refractivity contribution in [1.82, 2.24) is 9.88 Å². The van der Waals surface area contributed by atoms with Crippen molar-refractivity contribution in [3.8, 4) is 0 Å². The van der Waals surface area contributed by atoms with E-state index in [9.17, 15) is 4.79 Å². The highest BCUT2D eigenvalue weighted by atomic mass is 16.5. The first kappa shape index (κ1) is 12.0. The van der Waals surface area contributed by atoms with Crippen molar-refractivity contribution in [2.75, 3.05) is 38.2 Å². The minimum absolute atomic E-state index is 0.0231. The summed E-state index contributed by atoms with van der Waals surface area (Å²) in [6.07, 6.45) is 1.69. The molecule has 17 heavy (non-hydrogen) atoms. The van der Waals surface area contributed by atoms with E-state index in [4.69, 9.17) is 4.74 Å². The fourth-order valence-electron chi connectivity index (χ4n) is 1.75. The van der Waals surface area contributed by atoms with Gasteiger partial charge < -0.3 is 10.1 Å². The van der Waals surface area contributed by atoms with Gasteiger partial charge in [-0.3, -0.25) is 9.69 Å². The topological polar surface area (TPSA) is 54.5 Å². The molecule has 0 bridgehead atoms. The van der Waals surface area contributed by atoms with Gasteiger partial charge in [-0.1, -0.05) is 0 Å². The summed E-state index contributed by atoms with van der Waals surface area (Å²) in [4.78, 5) is 17.9. The van der Waals surface area contributed by atoms with Crippen LogP contribution in [0.4, 0.5) is 5.82 Å². The Morgan fingerprint density at radius 1 is 1.53 bits per heavy atom. The summed E-state index contributed by atoms with van der Waals surface area (Å²) in [6, 6.07) is 3.76. The molecule has 1 aromatic rings. The fraction of sp³-hybridized carbons (Fsp3) is 0.500. The van der Waals surface area contributed by atoms with Crippen molar-refractivity contribution in [3.63, 3.8) is 0 Å². The minimum atomic E-state index is -0.0231. The first-order chi connectivity index (χ1) is 8.24. The van der Waals surface area contributed by atoms with Gasteiger partial charge in [0.2, 0.25) is 5.91 Å². The van der Waals surface area contributed by atoms with Crippen LogP contribution in [0.5, 0.6) is 0 Å². The van der Waals surface area contributed by atoms with Gasteiger partial charge in [0, 0.05) is 19.3 Å². The Kier molecular flexibility index (Phi) is 4.06. The molecule has 2 heterocycles. The molecule has 0 aromatic carbocycles. The van der Waals surface area contributed by atoms with Gasteiger partial charge in [0.15, 0.2) is 0 Å². The maximum atomic E-state index is 11.8. The van der Waals surface area contributed by atoms with Crippen LogP contribution in [0.1, 0.15) is 5.56 Å². The molecule has 0 radical (unpaired) electrons. The number of hydrogen-bond donors (Lipinski definition) is 1. The number of anilines is 1. The van der Waals surface area contributed by atoms with Crippen LogP contribution in [0, 0.1) is 6.92 Å². The normalized spacial score (nSPS) is 16.8. The van der Waals surface area contributed by atoms with Gasteiger partial charge in [-0.15, -0.1) is 0 Å². The van der Waals surface area contributed by atoms with Crippen LogP contribution in [0.2, 0.25) is 0 Å². The zero-order valence-electron chi connectivity index (χ0n) is 9.98. The monoisotopic (exact) mass is 235 g/mol. The van der Waals surface area contributed by atoms with Gasteiger partial charge in [-0.2, -0.15) is 0 Å². The lowest BCUT2D eigenvalue weighted by molar-refractivity contribution is -0.118. The number of nitrogens with zero attached hydrogens (tertiary/aromatic N) is 2. The van der Waals surface area contributed by atoms with Crippen LogP contribution in [0.25, 0.3) is 0 Å². The third-order valence-corrected chi connectivity index (χ3v) is 2.65. The van der Waals surface area contributed by atoms with Gasteiger partial charge >= 0.3 is 0 Å². The number of carbonyl (C=O) groups is 1. The molecular formula is C12H17N3O2. The van der Waals surface area contributed by atoms with Crippen molar-refractivity contribution in [2.24, 2.45) is 0 Å². The Hall–Kier alpha value is -1.46. The molecule has 1 aliphatic rings. The number of rotatable bonds is 3. The number of ether oxygens (including phenoxy) is 1. The summed E-state index contributed by atoms with van der Waals surface area (Å²) in [5, 5.41) is 2.80. The number of amides is 1. The van der Waals surface area contributed by atoms with Crippen LogP contribution < -0.4 is 5.32 Å². The first-order valence-electron chi connectivity index (χ1n) is 5.76. The van der Waals surface area contributed by atoms with Crippen molar-refractivity contribution < 1.29 is 9.53 Å². The van der Waals surface area contributed by atoms with Crippen LogP contribution in [-0.4, -0.2) is 48.6 Å². The smallest absolute Gasteiger partial charge is 0.239 e. The van der Waals surface area contributed by atoms with Crippen LogP contribution in [-0.2, 0) is 9.53 Å². The Balaban J connectivity index is 1.84. The second-order valence-corrected chi connectivity index (χ2v) is 4.16. The summed E-state index contributed by atoms with van der Waals surface area (Å²) >= 11 is 0. The van der Waals surface area contributed by atoms with Gasteiger partial charge in [-0.25, -0.2) is 4.98 Å². The lowest BCUT2D eigenvalue weighted by Crippen LogP contribution is -2.41. The van der Waals surface area contributed by atoms with Crippen molar-refractivity contribution in [2.45, 2.75) is 6.92 Å². The predicted molar refractivity (Wildman–Crippen MR) is 64.9 cm³/mol. The summed E-state index contributed by atoms with van der Waals surface area (Å²) in [7, 11) is 0. The highest BCUT2D eigenvalue weighted by molar-refractivity contribution is 5.91. The Labute approximate surface area is 101 Å². The summed E-state index contributed by atoms with van der Waals surface area (Å²) in [6.45, 7) is 5.41.